The van der Waals surface area contributed by atoms with Gasteiger partial charge >= 0.3 is 6.09 Å². The lowest BCUT2D eigenvalue weighted by Gasteiger charge is -2.24. The van der Waals surface area contributed by atoms with Gasteiger partial charge in [0, 0.05) is 18.6 Å². The van der Waals surface area contributed by atoms with Crippen LogP contribution < -0.4 is 10.6 Å². The van der Waals surface area contributed by atoms with Gasteiger partial charge in [-0.15, -0.1) is 0 Å². The fourth-order valence-electron chi connectivity index (χ4n) is 4.08. The van der Waals surface area contributed by atoms with E-state index in [0.29, 0.717) is 35.5 Å². The van der Waals surface area contributed by atoms with E-state index >= 15 is 0 Å². The Labute approximate surface area is 261 Å². The van der Waals surface area contributed by atoms with E-state index in [1.807, 2.05) is 43.5 Å². The van der Waals surface area contributed by atoms with E-state index in [4.69, 9.17) is 14.5 Å². The minimum atomic E-state index is -3.68. The number of carbonyl (C=O) groups is 1. The highest BCUT2D eigenvalue weighted by Gasteiger charge is 2.20. The summed E-state index contributed by atoms with van der Waals surface area (Å²) >= 11 is 3.37. The lowest BCUT2D eigenvalue weighted by Crippen LogP contribution is -2.33. The summed E-state index contributed by atoms with van der Waals surface area (Å²) in [5.41, 5.74) is 2.35. The second kappa shape index (κ2) is 13.0. The maximum absolute atomic E-state index is 12.3. The lowest BCUT2D eigenvalue weighted by molar-refractivity contribution is 0.0528. The summed E-state index contributed by atoms with van der Waals surface area (Å²) in [4.78, 5) is 25.5. The summed E-state index contributed by atoms with van der Waals surface area (Å²) in [7, 11) is -4.40. The number of anilines is 1. The number of para-hydroxylation sites is 1. The summed E-state index contributed by atoms with van der Waals surface area (Å²) in [6.45, 7) is 6.92. The number of nitrogens with zero attached hydrogens (tertiary/aromatic N) is 6. The molecule has 236 valence electrons. The van der Waals surface area contributed by atoms with Crippen LogP contribution in [0.5, 0.6) is 0 Å². The average Bonchev–Trinajstić information content (AvgIpc) is 3.43. The van der Waals surface area contributed by atoms with Gasteiger partial charge in [-0.25, -0.2) is 28.2 Å². The van der Waals surface area contributed by atoms with Crippen LogP contribution >= 0.6 is 26.0 Å². The van der Waals surface area contributed by atoms with Crippen LogP contribution in [0.1, 0.15) is 32.2 Å². The van der Waals surface area contributed by atoms with E-state index in [9.17, 15) is 13.2 Å². The molecule has 2 N–H and O–H groups in total. The zero-order chi connectivity index (χ0) is 31.6. The molecular formula is C27H39BrN8O5S2. The smallest absolute Gasteiger partial charge is 0.407 e. The number of fused-ring (bicyclic) bond motifs is 2. The molecule has 0 aliphatic heterocycles. The predicted octanol–water partition coefficient (Wildman–Crippen LogP) is 3.99. The van der Waals surface area contributed by atoms with Crippen molar-refractivity contribution in [1.82, 2.24) is 34.4 Å². The van der Waals surface area contributed by atoms with Crippen LogP contribution in [-0.4, -0.2) is 93.2 Å². The third-order valence-electron chi connectivity index (χ3n) is 6.11. The number of ether oxygens (including phenoxy) is 2. The molecule has 13 nitrogen and oxygen atoms in total. The number of alkyl carbamates (subject to hydrolysis) is 1. The first-order chi connectivity index (χ1) is 20.0. The van der Waals surface area contributed by atoms with E-state index in [0.717, 1.165) is 28.6 Å². The molecule has 0 aliphatic carbocycles. The van der Waals surface area contributed by atoms with Crippen LogP contribution in [0, 0.1) is 0 Å². The highest BCUT2D eigenvalue weighted by molar-refractivity contribution is 9.10. The highest BCUT2D eigenvalue weighted by atomic mass is 79.9. The number of hydrogen-bond donors (Lipinski definition) is 2. The molecule has 1 amide bonds. The monoisotopic (exact) mass is 698 g/mol. The number of amides is 1. The van der Waals surface area contributed by atoms with Gasteiger partial charge in [-0.1, -0.05) is 12.1 Å². The van der Waals surface area contributed by atoms with Crippen LogP contribution in [0.3, 0.4) is 0 Å². The maximum atomic E-state index is 12.3. The molecule has 0 aliphatic rings. The van der Waals surface area contributed by atoms with Crippen molar-refractivity contribution in [2.45, 2.75) is 51.2 Å². The predicted molar refractivity (Wildman–Crippen MR) is 173 cm³/mol. The Morgan fingerprint density at radius 1 is 1.09 bits per heavy atom. The largest absolute Gasteiger partial charge is 0.444 e. The second-order valence-corrected chi connectivity index (χ2v) is 19.3. The third kappa shape index (κ3) is 8.80. The van der Waals surface area contributed by atoms with Gasteiger partial charge in [0.2, 0.25) is 15.8 Å². The van der Waals surface area contributed by atoms with E-state index in [1.165, 1.54) is 10.7 Å². The number of rotatable bonds is 12. The van der Waals surface area contributed by atoms with Crippen LogP contribution in [0.2, 0.25) is 0 Å². The molecule has 3 aromatic heterocycles. The SMILES string of the molecule is CC(C)(C)OC(=O)NCCc1cccc2c1nc(CNc1nc(S(C)(=O)=O)nc3c(Br)cnn13)n2COCCS(C)(C)C. The van der Waals surface area contributed by atoms with Gasteiger partial charge in [0.05, 0.1) is 34.9 Å². The molecule has 43 heavy (non-hydrogen) atoms. The lowest BCUT2D eigenvalue weighted by atomic mass is 10.1. The summed E-state index contributed by atoms with van der Waals surface area (Å²) < 4.78 is 40.0. The van der Waals surface area contributed by atoms with Crippen LogP contribution in [0.25, 0.3) is 16.7 Å². The molecule has 0 atom stereocenters. The fraction of sp³-hybridized carbons (Fsp3) is 0.519. The van der Waals surface area contributed by atoms with Crippen molar-refractivity contribution in [3.8, 4) is 0 Å². The Balaban J connectivity index is 1.63. The van der Waals surface area contributed by atoms with Gasteiger partial charge in [0.15, 0.2) is 5.65 Å². The zero-order valence-corrected chi connectivity index (χ0v) is 28.7. The Morgan fingerprint density at radius 2 is 1.84 bits per heavy atom. The first-order valence-electron chi connectivity index (χ1n) is 13.5. The van der Waals surface area contributed by atoms with E-state index in [1.54, 1.807) is 0 Å². The zero-order valence-electron chi connectivity index (χ0n) is 25.5. The van der Waals surface area contributed by atoms with Gasteiger partial charge in [0.1, 0.15) is 18.2 Å². The van der Waals surface area contributed by atoms with E-state index in [2.05, 4.69) is 60.4 Å². The van der Waals surface area contributed by atoms with Crippen LogP contribution in [0.4, 0.5) is 10.7 Å². The van der Waals surface area contributed by atoms with Gasteiger partial charge < -0.3 is 24.7 Å². The Morgan fingerprint density at radius 3 is 2.51 bits per heavy atom. The summed E-state index contributed by atoms with van der Waals surface area (Å²) in [5.74, 6) is 1.83. The Hall–Kier alpha value is -2.95. The normalized spacial score (nSPS) is 13.0. The van der Waals surface area contributed by atoms with E-state index < -0.39 is 31.6 Å². The minimum absolute atomic E-state index is 0.199. The molecule has 1 aromatic carbocycles. The number of aromatic nitrogens is 6. The maximum Gasteiger partial charge on any atom is 0.407 e. The molecule has 3 heterocycles. The first kappa shape index (κ1) is 33.0. The van der Waals surface area contributed by atoms with Crippen molar-refractivity contribution in [3.63, 3.8) is 0 Å². The van der Waals surface area contributed by atoms with Crippen molar-refractivity contribution >= 4 is 64.5 Å². The number of sulfone groups is 1. The van der Waals surface area contributed by atoms with Crippen molar-refractivity contribution in [3.05, 3.63) is 40.3 Å². The van der Waals surface area contributed by atoms with Crippen molar-refractivity contribution < 1.29 is 22.7 Å². The number of hydrogen-bond acceptors (Lipinski definition) is 10. The quantitative estimate of drug-likeness (QED) is 0.208. The topological polar surface area (TPSA) is 155 Å². The Kier molecular flexibility index (Phi) is 9.93. The number of nitrogens with one attached hydrogen (secondary N) is 2. The van der Waals surface area contributed by atoms with Crippen molar-refractivity contribution in [2.24, 2.45) is 0 Å². The summed E-state index contributed by atoms with van der Waals surface area (Å²) in [5, 5.41) is 9.97. The summed E-state index contributed by atoms with van der Waals surface area (Å²) in [6, 6.07) is 5.91. The van der Waals surface area contributed by atoms with Crippen LogP contribution in [-0.2, 0) is 39.0 Å². The standard InChI is InChI=1S/C27H39BrN8O5S2/c1-27(2,3)41-26(37)29-12-11-18-9-8-10-20-22(18)32-21(35(20)17-40-13-14-42(4,5)6)16-30-24-34-25(43(7,38)39)33-23-19(28)15-31-36(23)24/h8-10,15H,11-14,16-17H2,1-7H3,(H,29,37)(H,30,33,34). The fourth-order valence-corrected chi connectivity index (χ4v) is 5.55. The van der Waals surface area contributed by atoms with Crippen molar-refractivity contribution in [1.29, 1.82) is 0 Å². The minimum Gasteiger partial charge on any atom is -0.444 e. The molecule has 0 radical (unpaired) electrons. The molecule has 0 saturated heterocycles. The molecule has 0 saturated carbocycles. The number of imidazole rings is 1. The molecule has 0 bridgehead atoms. The molecular weight excluding hydrogens is 660 g/mol. The molecule has 0 fully saturated rings. The second-order valence-electron chi connectivity index (χ2n) is 11.9. The number of benzene rings is 1. The summed E-state index contributed by atoms with van der Waals surface area (Å²) in [6.07, 6.45) is 9.39. The first-order valence-corrected chi connectivity index (χ1v) is 19.3. The van der Waals surface area contributed by atoms with Crippen LogP contribution in [0.15, 0.2) is 34.0 Å². The number of halogens is 1. The Bertz CT molecular complexity index is 1730. The molecule has 0 unspecified atom stereocenters. The molecule has 0 spiro atoms. The average molecular weight is 700 g/mol. The van der Waals surface area contributed by atoms with E-state index in [-0.39, 0.29) is 24.4 Å². The highest BCUT2D eigenvalue weighted by Crippen LogP contribution is 2.33. The third-order valence-corrected chi connectivity index (χ3v) is 8.90. The van der Waals surface area contributed by atoms with Gasteiger partial charge in [0.25, 0.3) is 5.16 Å². The van der Waals surface area contributed by atoms with Gasteiger partial charge in [-0.05, 0) is 73.5 Å². The number of carbonyl (C=O) groups excluding carboxylic acids is 1. The molecule has 4 rings (SSSR count). The van der Waals surface area contributed by atoms with Gasteiger partial charge in [-0.2, -0.15) is 19.6 Å². The van der Waals surface area contributed by atoms with Gasteiger partial charge in [-0.3, -0.25) is 0 Å². The molecule has 16 heteroatoms. The van der Waals surface area contributed by atoms with Crippen molar-refractivity contribution in [2.75, 3.05) is 49.2 Å². The molecule has 4 aromatic rings.